The van der Waals surface area contributed by atoms with Crippen molar-refractivity contribution >= 4 is 32.7 Å². The summed E-state index contributed by atoms with van der Waals surface area (Å²) in [7, 11) is 1.54. The minimum atomic E-state index is -0.123. The minimum Gasteiger partial charge on any atom is -0.496 e. The second-order valence-electron chi connectivity index (χ2n) is 5.63. The summed E-state index contributed by atoms with van der Waals surface area (Å²) < 4.78 is 22.2. The molecule has 0 fully saturated rings. The van der Waals surface area contributed by atoms with E-state index in [0.29, 0.717) is 39.2 Å². The van der Waals surface area contributed by atoms with Crippen molar-refractivity contribution in [1.82, 2.24) is 0 Å². The fourth-order valence-corrected chi connectivity index (χ4v) is 3.22. The lowest BCUT2D eigenvalue weighted by Gasteiger charge is -2.08. The van der Waals surface area contributed by atoms with E-state index < -0.39 is 0 Å². The van der Waals surface area contributed by atoms with Crippen molar-refractivity contribution in [2.45, 2.75) is 0 Å². The molecular formula is C19H12O5. The smallest absolute Gasteiger partial charge is 0.231 e. The highest BCUT2D eigenvalue weighted by Crippen LogP contribution is 2.40. The first-order valence-electron chi connectivity index (χ1n) is 7.52. The van der Waals surface area contributed by atoms with Crippen LogP contribution in [0.15, 0.2) is 51.7 Å². The van der Waals surface area contributed by atoms with Gasteiger partial charge in [-0.3, -0.25) is 4.79 Å². The molecule has 1 aliphatic heterocycles. The van der Waals surface area contributed by atoms with E-state index >= 15 is 0 Å². The molecule has 0 radical (unpaired) electrons. The molecule has 0 N–H and O–H groups in total. The zero-order valence-electron chi connectivity index (χ0n) is 12.8. The van der Waals surface area contributed by atoms with Gasteiger partial charge in [0, 0.05) is 5.39 Å². The number of methoxy groups -OCH3 is 1. The van der Waals surface area contributed by atoms with Gasteiger partial charge >= 0.3 is 0 Å². The first kappa shape index (κ1) is 13.2. The molecule has 0 amide bonds. The van der Waals surface area contributed by atoms with E-state index in [1.54, 1.807) is 24.3 Å². The van der Waals surface area contributed by atoms with E-state index in [2.05, 4.69) is 0 Å². The fraction of sp³-hybridized carbons (Fsp3) is 0.105. The Morgan fingerprint density at radius 3 is 2.79 bits per heavy atom. The number of ether oxygens (including phenoxy) is 3. The third-order valence-corrected chi connectivity index (χ3v) is 4.35. The molecule has 0 atom stereocenters. The maximum absolute atomic E-state index is 13.0. The summed E-state index contributed by atoms with van der Waals surface area (Å²) in [6, 6.07) is 12.8. The Kier molecular flexibility index (Phi) is 2.56. The molecule has 5 rings (SSSR count). The molecule has 5 heteroatoms. The number of benzene rings is 3. The fourth-order valence-electron chi connectivity index (χ4n) is 3.22. The quantitative estimate of drug-likeness (QED) is 0.499. The highest BCUT2D eigenvalue weighted by atomic mass is 16.7. The van der Waals surface area contributed by atoms with E-state index in [1.165, 1.54) is 7.11 Å². The molecule has 1 aromatic heterocycles. The third kappa shape index (κ3) is 1.66. The molecule has 0 spiro atoms. The van der Waals surface area contributed by atoms with Crippen molar-refractivity contribution in [2.75, 3.05) is 13.9 Å². The summed E-state index contributed by atoms with van der Waals surface area (Å²) in [6.45, 7) is 0.187. The highest BCUT2D eigenvalue weighted by molar-refractivity contribution is 6.03. The zero-order chi connectivity index (χ0) is 16.3. The van der Waals surface area contributed by atoms with Gasteiger partial charge < -0.3 is 18.6 Å². The van der Waals surface area contributed by atoms with Crippen LogP contribution in [-0.2, 0) is 0 Å². The van der Waals surface area contributed by atoms with Gasteiger partial charge in [0.2, 0.25) is 12.2 Å². The predicted octanol–water partition coefficient (Wildman–Crippen LogP) is 3.84. The van der Waals surface area contributed by atoms with Crippen LogP contribution in [0.2, 0.25) is 0 Å². The molecule has 0 aliphatic carbocycles. The molecule has 3 aromatic carbocycles. The van der Waals surface area contributed by atoms with Crippen LogP contribution in [0, 0.1) is 0 Å². The van der Waals surface area contributed by atoms with Crippen LogP contribution in [0.3, 0.4) is 0 Å². The van der Waals surface area contributed by atoms with Crippen molar-refractivity contribution < 1.29 is 18.6 Å². The van der Waals surface area contributed by atoms with Crippen LogP contribution in [0.25, 0.3) is 32.7 Å². The maximum Gasteiger partial charge on any atom is 0.231 e. The monoisotopic (exact) mass is 320 g/mol. The zero-order valence-corrected chi connectivity index (χ0v) is 12.8. The molecule has 4 aromatic rings. The van der Waals surface area contributed by atoms with E-state index in [4.69, 9.17) is 18.6 Å². The van der Waals surface area contributed by atoms with E-state index in [0.717, 1.165) is 10.8 Å². The number of fused-ring (bicyclic) bond motifs is 5. The third-order valence-electron chi connectivity index (χ3n) is 4.35. The Morgan fingerprint density at radius 1 is 1.00 bits per heavy atom. The Bertz CT molecular complexity index is 1190. The molecule has 0 unspecified atom stereocenters. The van der Waals surface area contributed by atoms with Gasteiger partial charge in [0.15, 0.2) is 11.5 Å². The summed E-state index contributed by atoms with van der Waals surface area (Å²) in [5.74, 6) is 1.85. The van der Waals surface area contributed by atoms with Gasteiger partial charge in [0.1, 0.15) is 22.3 Å². The van der Waals surface area contributed by atoms with Gasteiger partial charge in [-0.1, -0.05) is 12.1 Å². The maximum atomic E-state index is 13.0. The van der Waals surface area contributed by atoms with Gasteiger partial charge in [-0.25, -0.2) is 0 Å². The SMILES string of the molecule is COc1cccc2oc3cc4ccc5c(c4cc3c(=O)c12)OCO5. The van der Waals surface area contributed by atoms with E-state index in [9.17, 15) is 4.79 Å². The summed E-state index contributed by atoms with van der Waals surface area (Å²) in [5.41, 5.74) is 0.918. The first-order valence-corrected chi connectivity index (χ1v) is 7.52. The normalized spacial score (nSPS) is 13.0. The predicted molar refractivity (Wildman–Crippen MR) is 90.2 cm³/mol. The average molecular weight is 320 g/mol. The highest BCUT2D eigenvalue weighted by Gasteiger charge is 2.19. The molecule has 118 valence electrons. The van der Waals surface area contributed by atoms with E-state index in [-0.39, 0.29) is 12.2 Å². The summed E-state index contributed by atoms with van der Waals surface area (Å²) in [5, 5.41) is 2.69. The summed E-state index contributed by atoms with van der Waals surface area (Å²) >= 11 is 0. The Labute approximate surface area is 136 Å². The summed E-state index contributed by atoms with van der Waals surface area (Å²) in [6.07, 6.45) is 0. The van der Waals surface area contributed by atoms with Crippen molar-refractivity contribution in [1.29, 1.82) is 0 Å². The molecule has 24 heavy (non-hydrogen) atoms. The standard InChI is InChI=1S/C19H12O5/c1-21-13-3-2-4-14-17(13)18(20)12-8-11-10(7-16(12)24-14)5-6-15-19(11)23-9-22-15/h2-8H,9H2,1H3. The van der Waals surface area contributed by atoms with Crippen molar-refractivity contribution in [3.8, 4) is 17.2 Å². The lowest BCUT2D eigenvalue weighted by Crippen LogP contribution is -2.04. The summed E-state index contributed by atoms with van der Waals surface area (Å²) in [4.78, 5) is 13.0. The van der Waals surface area contributed by atoms with Crippen LogP contribution in [-0.4, -0.2) is 13.9 Å². The number of hydrogen-bond acceptors (Lipinski definition) is 5. The largest absolute Gasteiger partial charge is 0.496 e. The average Bonchev–Trinajstić information content (AvgIpc) is 3.09. The van der Waals surface area contributed by atoms with Crippen LogP contribution in [0.5, 0.6) is 17.2 Å². The van der Waals surface area contributed by atoms with Crippen LogP contribution >= 0.6 is 0 Å². The van der Waals surface area contributed by atoms with Gasteiger partial charge in [-0.15, -0.1) is 0 Å². The second-order valence-corrected chi connectivity index (χ2v) is 5.63. The van der Waals surface area contributed by atoms with Crippen LogP contribution < -0.4 is 19.6 Å². The van der Waals surface area contributed by atoms with Gasteiger partial charge in [0.25, 0.3) is 0 Å². The van der Waals surface area contributed by atoms with Gasteiger partial charge in [0.05, 0.1) is 12.5 Å². The van der Waals surface area contributed by atoms with Gasteiger partial charge in [-0.05, 0) is 35.7 Å². The molecule has 1 aliphatic rings. The Hall–Kier alpha value is -3.21. The van der Waals surface area contributed by atoms with E-state index in [1.807, 2.05) is 18.2 Å². The molecule has 2 heterocycles. The van der Waals surface area contributed by atoms with Crippen molar-refractivity contribution in [2.24, 2.45) is 0 Å². The molecule has 0 saturated heterocycles. The van der Waals surface area contributed by atoms with Crippen LogP contribution in [0.1, 0.15) is 0 Å². The van der Waals surface area contributed by atoms with Crippen molar-refractivity contribution in [3.63, 3.8) is 0 Å². The van der Waals surface area contributed by atoms with Crippen LogP contribution in [0.4, 0.5) is 0 Å². The molecule has 0 saturated carbocycles. The lowest BCUT2D eigenvalue weighted by molar-refractivity contribution is 0.175. The Balaban J connectivity index is 1.97. The molecule has 5 nitrogen and oxygen atoms in total. The Morgan fingerprint density at radius 2 is 1.92 bits per heavy atom. The number of rotatable bonds is 1. The second kappa shape index (κ2) is 4.64. The minimum absolute atomic E-state index is 0.123. The van der Waals surface area contributed by atoms with Crippen molar-refractivity contribution in [3.05, 3.63) is 52.7 Å². The lowest BCUT2D eigenvalue weighted by atomic mass is 10.0. The topological polar surface area (TPSA) is 57.9 Å². The molecule has 0 bridgehead atoms. The van der Waals surface area contributed by atoms with Gasteiger partial charge in [-0.2, -0.15) is 0 Å². The number of hydrogen-bond donors (Lipinski definition) is 0. The first-order chi connectivity index (χ1) is 11.8. The molecular weight excluding hydrogens is 308 g/mol.